The maximum atomic E-state index is 12.0. The van der Waals surface area contributed by atoms with E-state index in [1.807, 2.05) is 18.5 Å². The normalized spacial score (nSPS) is 25.7. The van der Waals surface area contributed by atoms with Crippen molar-refractivity contribution in [1.29, 1.82) is 0 Å². The van der Waals surface area contributed by atoms with Gasteiger partial charge in [-0.05, 0) is 61.7 Å². The number of carbonyl (C=O) groups is 1. The Morgan fingerprint density at radius 2 is 2.12 bits per heavy atom. The molecule has 1 atom stereocenters. The van der Waals surface area contributed by atoms with Crippen LogP contribution in [0.1, 0.15) is 38.2 Å². The third kappa shape index (κ3) is 4.09. The summed E-state index contributed by atoms with van der Waals surface area (Å²) in [5.74, 6) is 1.51. The first-order chi connectivity index (χ1) is 12.6. The molecule has 1 aromatic rings. The highest BCUT2D eigenvalue weighted by molar-refractivity contribution is 5.73. The molecule has 0 bridgehead atoms. The van der Waals surface area contributed by atoms with Crippen molar-refractivity contribution in [2.45, 2.75) is 39.2 Å². The summed E-state index contributed by atoms with van der Waals surface area (Å²) >= 11 is 0. The van der Waals surface area contributed by atoms with Crippen molar-refractivity contribution in [3.05, 3.63) is 30.1 Å². The number of hydrogen-bond acceptors (Lipinski definition) is 4. The number of piperidine rings is 1. The molecule has 0 radical (unpaired) electrons. The molecule has 0 aromatic carbocycles. The second kappa shape index (κ2) is 7.65. The topological polar surface area (TPSA) is 45.7 Å². The van der Waals surface area contributed by atoms with Crippen LogP contribution in [0.15, 0.2) is 24.5 Å². The van der Waals surface area contributed by atoms with Gasteiger partial charge in [0.05, 0.1) is 6.61 Å². The maximum absolute atomic E-state index is 12.0. The van der Waals surface area contributed by atoms with Crippen LogP contribution in [0.2, 0.25) is 0 Å². The first kappa shape index (κ1) is 17.9. The highest BCUT2D eigenvalue weighted by atomic mass is 16.5. The van der Waals surface area contributed by atoms with Gasteiger partial charge in [-0.25, -0.2) is 0 Å². The van der Waals surface area contributed by atoms with Crippen molar-refractivity contribution in [2.75, 3.05) is 39.4 Å². The summed E-state index contributed by atoms with van der Waals surface area (Å²) in [6, 6.07) is 4.16. The Kier molecular flexibility index (Phi) is 5.28. The number of amides is 1. The van der Waals surface area contributed by atoms with Gasteiger partial charge in [-0.15, -0.1) is 0 Å². The summed E-state index contributed by atoms with van der Waals surface area (Å²) in [7, 11) is 0. The summed E-state index contributed by atoms with van der Waals surface area (Å²) in [6.45, 7) is 8.41. The Hall–Kier alpha value is -1.46. The first-order valence-electron chi connectivity index (χ1n) is 10.1. The number of aromatic nitrogens is 1. The zero-order chi connectivity index (χ0) is 18.0. The zero-order valence-corrected chi connectivity index (χ0v) is 15.9. The predicted molar refractivity (Wildman–Crippen MR) is 100 cm³/mol. The van der Waals surface area contributed by atoms with Crippen LogP contribution in [-0.4, -0.2) is 60.1 Å². The van der Waals surface area contributed by atoms with Gasteiger partial charge in [0.2, 0.25) is 5.91 Å². The van der Waals surface area contributed by atoms with Gasteiger partial charge in [0.1, 0.15) is 0 Å². The van der Waals surface area contributed by atoms with E-state index in [0.717, 1.165) is 64.7 Å². The number of hydrogen-bond donors (Lipinski definition) is 0. The molecule has 1 aliphatic carbocycles. The van der Waals surface area contributed by atoms with Crippen molar-refractivity contribution in [3.8, 4) is 0 Å². The largest absolute Gasteiger partial charge is 0.381 e. The van der Waals surface area contributed by atoms with Crippen LogP contribution in [0.3, 0.4) is 0 Å². The minimum atomic E-state index is 0.215. The monoisotopic (exact) mass is 357 g/mol. The Bertz CT molecular complexity index is 609. The van der Waals surface area contributed by atoms with E-state index >= 15 is 0 Å². The van der Waals surface area contributed by atoms with Crippen LogP contribution >= 0.6 is 0 Å². The van der Waals surface area contributed by atoms with Crippen molar-refractivity contribution in [3.63, 3.8) is 0 Å². The molecule has 1 amide bonds. The molecule has 2 aliphatic heterocycles. The average molecular weight is 357 g/mol. The lowest BCUT2D eigenvalue weighted by Gasteiger charge is -2.42. The van der Waals surface area contributed by atoms with E-state index in [9.17, 15) is 4.79 Å². The van der Waals surface area contributed by atoms with Crippen LogP contribution in [-0.2, 0) is 16.1 Å². The van der Waals surface area contributed by atoms with Crippen molar-refractivity contribution >= 4 is 5.91 Å². The minimum absolute atomic E-state index is 0.215. The second-order valence-electron chi connectivity index (χ2n) is 8.58. The van der Waals surface area contributed by atoms with E-state index in [1.54, 1.807) is 6.92 Å². The summed E-state index contributed by atoms with van der Waals surface area (Å²) in [4.78, 5) is 20.8. The quantitative estimate of drug-likeness (QED) is 0.785. The zero-order valence-electron chi connectivity index (χ0n) is 15.9. The van der Waals surface area contributed by atoms with Gasteiger partial charge in [-0.1, -0.05) is 6.07 Å². The molecule has 3 fully saturated rings. The molecular weight excluding hydrogens is 326 g/mol. The SMILES string of the molecule is CC(=O)N1CC(COCC2CC2)C2(CCN(Cc3cccnc3)CC2)C1. The van der Waals surface area contributed by atoms with Crippen molar-refractivity contribution < 1.29 is 9.53 Å². The van der Waals surface area contributed by atoms with E-state index in [4.69, 9.17) is 4.74 Å². The highest BCUT2D eigenvalue weighted by Gasteiger charge is 2.48. The van der Waals surface area contributed by atoms with Crippen molar-refractivity contribution in [2.24, 2.45) is 17.3 Å². The predicted octanol–water partition coefficient (Wildman–Crippen LogP) is 2.57. The molecule has 0 N–H and O–H groups in total. The van der Waals surface area contributed by atoms with E-state index in [2.05, 4.69) is 20.9 Å². The fourth-order valence-electron chi connectivity index (χ4n) is 4.64. The summed E-state index contributed by atoms with van der Waals surface area (Å²) in [6.07, 6.45) is 8.78. The Morgan fingerprint density at radius 3 is 2.77 bits per heavy atom. The molecule has 142 valence electrons. The standard InChI is InChI=1S/C21H31N3O2/c1-17(25)24-13-20(15-26-14-18-4-5-18)21(16-24)6-9-23(10-7-21)12-19-3-2-8-22-11-19/h2-3,8,11,18,20H,4-7,9-10,12-16H2,1H3. The van der Waals surface area contributed by atoms with E-state index in [-0.39, 0.29) is 11.3 Å². The Labute approximate surface area is 156 Å². The first-order valence-corrected chi connectivity index (χ1v) is 10.1. The molecule has 26 heavy (non-hydrogen) atoms. The molecule has 1 aromatic heterocycles. The molecule has 5 heteroatoms. The lowest BCUT2D eigenvalue weighted by Crippen LogP contribution is -2.45. The van der Waals surface area contributed by atoms with Gasteiger partial charge in [-0.3, -0.25) is 14.7 Å². The summed E-state index contributed by atoms with van der Waals surface area (Å²) in [5, 5.41) is 0. The van der Waals surface area contributed by atoms with Crippen LogP contribution < -0.4 is 0 Å². The van der Waals surface area contributed by atoms with E-state index in [1.165, 1.54) is 18.4 Å². The van der Waals surface area contributed by atoms with Gasteiger partial charge in [0, 0.05) is 51.5 Å². The van der Waals surface area contributed by atoms with Gasteiger partial charge in [0.25, 0.3) is 0 Å². The number of ether oxygens (including phenoxy) is 1. The van der Waals surface area contributed by atoms with Gasteiger partial charge in [-0.2, -0.15) is 0 Å². The lowest BCUT2D eigenvalue weighted by molar-refractivity contribution is -0.128. The number of likely N-dealkylation sites (tertiary alicyclic amines) is 2. The fourth-order valence-corrected chi connectivity index (χ4v) is 4.64. The number of carbonyl (C=O) groups excluding carboxylic acids is 1. The molecule has 4 rings (SSSR count). The van der Waals surface area contributed by atoms with Crippen molar-refractivity contribution in [1.82, 2.24) is 14.8 Å². The molecule has 3 aliphatic rings. The van der Waals surface area contributed by atoms with Gasteiger partial charge < -0.3 is 9.64 Å². The molecular formula is C21H31N3O2. The maximum Gasteiger partial charge on any atom is 0.219 e. The molecule has 1 spiro atoms. The van der Waals surface area contributed by atoms with Crippen LogP contribution in [0, 0.1) is 17.3 Å². The van der Waals surface area contributed by atoms with Crippen LogP contribution in [0.25, 0.3) is 0 Å². The van der Waals surface area contributed by atoms with Crippen LogP contribution in [0.5, 0.6) is 0 Å². The number of pyridine rings is 1. The third-order valence-electron chi connectivity index (χ3n) is 6.61. The van der Waals surface area contributed by atoms with Gasteiger partial charge >= 0.3 is 0 Å². The fraction of sp³-hybridized carbons (Fsp3) is 0.714. The third-order valence-corrected chi connectivity index (χ3v) is 6.61. The molecule has 1 saturated carbocycles. The molecule has 5 nitrogen and oxygen atoms in total. The summed E-state index contributed by atoms with van der Waals surface area (Å²) in [5.41, 5.74) is 1.53. The van der Waals surface area contributed by atoms with E-state index < -0.39 is 0 Å². The number of rotatable bonds is 6. The highest BCUT2D eigenvalue weighted by Crippen LogP contribution is 2.45. The number of nitrogens with zero attached hydrogens (tertiary/aromatic N) is 3. The lowest BCUT2D eigenvalue weighted by atomic mass is 9.71. The molecule has 1 unspecified atom stereocenters. The van der Waals surface area contributed by atoms with Gasteiger partial charge in [0.15, 0.2) is 0 Å². The molecule has 2 saturated heterocycles. The van der Waals surface area contributed by atoms with E-state index in [0.29, 0.717) is 5.92 Å². The average Bonchev–Trinajstić information content (AvgIpc) is 3.40. The summed E-state index contributed by atoms with van der Waals surface area (Å²) < 4.78 is 6.06. The smallest absolute Gasteiger partial charge is 0.219 e. The Morgan fingerprint density at radius 1 is 1.31 bits per heavy atom. The minimum Gasteiger partial charge on any atom is -0.381 e. The Balaban J connectivity index is 1.35. The second-order valence-corrected chi connectivity index (χ2v) is 8.58. The molecule has 3 heterocycles. The van der Waals surface area contributed by atoms with Crippen LogP contribution in [0.4, 0.5) is 0 Å².